The predicted octanol–water partition coefficient (Wildman–Crippen LogP) is 3.05. The Labute approximate surface area is 106 Å². The maximum Gasteiger partial charge on any atom is 0.195 e. The lowest BCUT2D eigenvalue weighted by atomic mass is 10.0. The molecule has 1 aromatic carbocycles. The Hall–Kier alpha value is -2.16. The molecule has 3 nitrogen and oxygen atoms in total. The van der Waals surface area contributed by atoms with Crippen LogP contribution in [0.25, 0.3) is 0 Å². The maximum absolute atomic E-state index is 5.86. The van der Waals surface area contributed by atoms with Gasteiger partial charge in [0, 0.05) is 23.5 Å². The lowest BCUT2D eigenvalue weighted by Gasteiger charge is -2.30. The van der Waals surface area contributed by atoms with Crippen LogP contribution in [0.5, 0.6) is 5.75 Å². The number of aromatic nitrogens is 1. The van der Waals surface area contributed by atoms with Gasteiger partial charge in [-0.2, -0.15) is 0 Å². The van der Waals surface area contributed by atoms with Crippen LogP contribution in [0.15, 0.2) is 53.8 Å². The molecule has 0 aliphatic carbocycles. The molecule has 0 N–H and O–H groups in total. The Morgan fingerprint density at radius 3 is 2.67 bits per heavy atom. The largest absolute Gasteiger partial charge is 0.466 e. The highest BCUT2D eigenvalue weighted by molar-refractivity contribution is 6.14. The Bertz CT molecular complexity index is 603. The van der Waals surface area contributed by atoms with Gasteiger partial charge in [0.05, 0.1) is 5.71 Å². The first-order valence-electron chi connectivity index (χ1n) is 5.94. The van der Waals surface area contributed by atoms with Crippen LogP contribution in [0.4, 0.5) is 0 Å². The molecule has 1 aromatic heterocycles. The van der Waals surface area contributed by atoms with Crippen LogP contribution in [-0.2, 0) is 0 Å². The molecular weight excluding hydrogens is 224 g/mol. The summed E-state index contributed by atoms with van der Waals surface area (Å²) in [5.41, 5.74) is 2.43. The van der Waals surface area contributed by atoms with Gasteiger partial charge in [0.2, 0.25) is 0 Å². The molecule has 0 saturated heterocycles. The Morgan fingerprint density at radius 2 is 1.89 bits per heavy atom. The molecule has 0 bridgehead atoms. The summed E-state index contributed by atoms with van der Waals surface area (Å²) in [5, 5.41) is 0. The molecule has 3 rings (SSSR count). The van der Waals surface area contributed by atoms with E-state index in [1.807, 2.05) is 56.4 Å². The summed E-state index contributed by atoms with van der Waals surface area (Å²) in [4.78, 5) is 8.84. The molecule has 0 radical (unpaired) electrons. The lowest BCUT2D eigenvalue weighted by molar-refractivity contribution is 0.115. The normalized spacial score (nSPS) is 16.4. The van der Waals surface area contributed by atoms with Crippen molar-refractivity contribution in [2.24, 2.45) is 4.99 Å². The number of para-hydroxylation sites is 1. The minimum absolute atomic E-state index is 0.542. The van der Waals surface area contributed by atoms with Crippen LogP contribution >= 0.6 is 0 Å². The van der Waals surface area contributed by atoms with Crippen LogP contribution < -0.4 is 4.74 Å². The Morgan fingerprint density at radius 1 is 1.06 bits per heavy atom. The van der Waals surface area contributed by atoms with Gasteiger partial charge in [-0.25, -0.2) is 4.99 Å². The third-order valence-corrected chi connectivity index (χ3v) is 2.82. The van der Waals surface area contributed by atoms with Crippen molar-refractivity contribution in [3.05, 3.63) is 59.9 Å². The van der Waals surface area contributed by atoms with Gasteiger partial charge in [-0.1, -0.05) is 12.1 Å². The van der Waals surface area contributed by atoms with Crippen molar-refractivity contribution in [1.29, 1.82) is 0 Å². The van der Waals surface area contributed by atoms with Crippen LogP contribution in [0.3, 0.4) is 0 Å². The first-order valence-corrected chi connectivity index (χ1v) is 5.94. The predicted molar refractivity (Wildman–Crippen MR) is 71.0 cm³/mol. The number of nitrogens with zero attached hydrogens (tertiary/aromatic N) is 2. The minimum atomic E-state index is -0.542. The first kappa shape index (κ1) is 11.0. The zero-order valence-electron chi connectivity index (χ0n) is 10.4. The van der Waals surface area contributed by atoms with Crippen molar-refractivity contribution in [3.63, 3.8) is 0 Å². The summed E-state index contributed by atoms with van der Waals surface area (Å²) in [7, 11) is 0. The molecule has 18 heavy (non-hydrogen) atoms. The number of hydrogen-bond donors (Lipinski definition) is 0. The third-order valence-electron chi connectivity index (χ3n) is 2.82. The lowest BCUT2D eigenvalue weighted by Crippen LogP contribution is -2.32. The van der Waals surface area contributed by atoms with E-state index >= 15 is 0 Å². The molecule has 90 valence electrons. The topological polar surface area (TPSA) is 34.5 Å². The molecule has 1 aliphatic heterocycles. The van der Waals surface area contributed by atoms with E-state index in [1.54, 1.807) is 6.20 Å². The zero-order valence-corrected chi connectivity index (χ0v) is 10.4. The van der Waals surface area contributed by atoms with Gasteiger partial charge in [0.1, 0.15) is 5.75 Å². The molecule has 0 atom stereocenters. The Balaban J connectivity index is 2.20. The van der Waals surface area contributed by atoms with Crippen molar-refractivity contribution >= 4 is 5.71 Å². The molecule has 0 spiro atoms. The number of rotatable bonds is 1. The van der Waals surface area contributed by atoms with E-state index in [0.29, 0.717) is 0 Å². The van der Waals surface area contributed by atoms with Crippen molar-refractivity contribution in [1.82, 2.24) is 4.98 Å². The van der Waals surface area contributed by atoms with Gasteiger partial charge in [-0.05, 0) is 38.1 Å². The first-order chi connectivity index (χ1) is 8.66. The quantitative estimate of drug-likeness (QED) is 0.765. The van der Waals surface area contributed by atoms with Crippen LogP contribution in [0.2, 0.25) is 0 Å². The van der Waals surface area contributed by atoms with Gasteiger partial charge in [-0.15, -0.1) is 0 Å². The molecule has 0 saturated carbocycles. The van der Waals surface area contributed by atoms with Crippen LogP contribution in [0, 0.1) is 0 Å². The van der Waals surface area contributed by atoms with E-state index in [4.69, 9.17) is 4.74 Å². The fourth-order valence-corrected chi connectivity index (χ4v) is 2.10. The second-order valence-electron chi connectivity index (χ2n) is 4.75. The highest BCUT2D eigenvalue weighted by Crippen LogP contribution is 2.31. The summed E-state index contributed by atoms with van der Waals surface area (Å²) >= 11 is 0. The van der Waals surface area contributed by atoms with Crippen molar-refractivity contribution in [2.75, 3.05) is 0 Å². The number of ether oxygens (including phenoxy) is 1. The van der Waals surface area contributed by atoms with Crippen LogP contribution in [-0.4, -0.2) is 16.4 Å². The second-order valence-corrected chi connectivity index (χ2v) is 4.75. The fourth-order valence-electron chi connectivity index (χ4n) is 2.10. The minimum Gasteiger partial charge on any atom is -0.466 e. The smallest absolute Gasteiger partial charge is 0.195 e. The number of hydrogen-bond acceptors (Lipinski definition) is 3. The summed E-state index contributed by atoms with van der Waals surface area (Å²) < 4.78 is 5.86. The highest BCUT2D eigenvalue weighted by atomic mass is 16.5. The van der Waals surface area contributed by atoms with Gasteiger partial charge in [0.25, 0.3) is 0 Å². The van der Waals surface area contributed by atoms with Gasteiger partial charge < -0.3 is 4.74 Å². The number of fused-ring (bicyclic) bond motifs is 1. The number of benzene rings is 1. The monoisotopic (exact) mass is 238 g/mol. The average molecular weight is 238 g/mol. The van der Waals surface area contributed by atoms with Crippen molar-refractivity contribution in [2.45, 2.75) is 19.6 Å². The third kappa shape index (κ3) is 1.88. The van der Waals surface area contributed by atoms with E-state index in [9.17, 15) is 0 Å². The molecule has 0 unspecified atom stereocenters. The van der Waals surface area contributed by atoms with E-state index in [1.165, 1.54) is 0 Å². The van der Waals surface area contributed by atoms with Crippen molar-refractivity contribution < 1.29 is 4.74 Å². The van der Waals surface area contributed by atoms with Gasteiger partial charge in [-0.3, -0.25) is 4.98 Å². The van der Waals surface area contributed by atoms with Crippen LogP contribution in [0.1, 0.15) is 25.0 Å². The van der Waals surface area contributed by atoms with Gasteiger partial charge >= 0.3 is 0 Å². The van der Waals surface area contributed by atoms with E-state index in [-0.39, 0.29) is 0 Å². The standard InChI is InChI=1S/C15H14N2O/c1-15(2)17-14(11-6-5-9-16-10-11)12-7-3-4-8-13(12)18-15/h3-10H,1-2H3. The average Bonchev–Trinajstić information content (AvgIpc) is 2.38. The summed E-state index contributed by atoms with van der Waals surface area (Å²) in [6.45, 7) is 3.92. The van der Waals surface area contributed by atoms with E-state index in [0.717, 1.165) is 22.6 Å². The number of pyridine rings is 1. The SMILES string of the molecule is CC1(C)N=C(c2cccnc2)c2ccccc2O1. The summed E-state index contributed by atoms with van der Waals surface area (Å²) in [5.74, 6) is 0.872. The summed E-state index contributed by atoms with van der Waals surface area (Å²) in [6.07, 6.45) is 3.59. The summed E-state index contributed by atoms with van der Waals surface area (Å²) in [6, 6.07) is 11.9. The molecule has 2 heterocycles. The van der Waals surface area contributed by atoms with Gasteiger partial charge in [0.15, 0.2) is 5.72 Å². The molecule has 3 heteroatoms. The molecule has 1 aliphatic rings. The molecule has 2 aromatic rings. The highest BCUT2D eigenvalue weighted by Gasteiger charge is 2.28. The van der Waals surface area contributed by atoms with E-state index in [2.05, 4.69) is 9.98 Å². The number of aliphatic imine (C=N–C) groups is 1. The zero-order chi connectivity index (χ0) is 12.6. The fraction of sp³-hybridized carbons (Fsp3) is 0.200. The van der Waals surface area contributed by atoms with Crippen molar-refractivity contribution in [3.8, 4) is 5.75 Å². The molecular formula is C15H14N2O. The molecule has 0 amide bonds. The second kappa shape index (κ2) is 3.95. The molecule has 0 fully saturated rings. The Kier molecular flexibility index (Phi) is 2.40. The maximum atomic E-state index is 5.86. The van der Waals surface area contributed by atoms with E-state index < -0.39 is 5.72 Å².